The van der Waals surface area contributed by atoms with Gasteiger partial charge in [0.25, 0.3) is 0 Å². The Hall–Kier alpha value is -1.58. The second-order valence-corrected chi connectivity index (χ2v) is 14.1. The number of hydrogen-bond donors (Lipinski definition) is 4. The normalized spacial score (nSPS) is 11.8. The molecule has 0 saturated heterocycles. The maximum atomic E-state index is 11.7. The van der Waals surface area contributed by atoms with Gasteiger partial charge in [-0.15, -0.1) is 0 Å². The van der Waals surface area contributed by atoms with Gasteiger partial charge in [-0.3, -0.25) is 9.59 Å². The maximum absolute atomic E-state index is 11.7. The van der Waals surface area contributed by atoms with Gasteiger partial charge in [0.05, 0.1) is 11.9 Å². The van der Waals surface area contributed by atoms with Gasteiger partial charge in [-0.25, -0.2) is 0 Å². The number of amides is 2. The molecule has 0 aliphatic rings. The molecule has 2 atom stereocenters. The third-order valence-corrected chi connectivity index (χ3v) is 9.15. The third kappa shape index (κ3) is 44.5. The van der Waals surface area contributed by atoms with Gasteiger partial charge in [-0.2, -0.15) is 0 Å². The van der Waals surface area contributed by atoms with E-state index in [-0.39, 0.29) is 31.3 Å². The molecule has 0 aliphatic heterocycles. The Morgan fingerprint density at radius 1 is 0.431 bits per heavy atom. The number of nitrogens with two attached hydrogens (primary N) is 2. The Morgan fingerprint density at radius 3 is 0.941 bits per heavy atom. The molecule has 0 rings (SSSR count). The Labute approximate surface area is 325 Å². The standard InChI is InChI=1S/2C20H40N2O3.Zn/c2*1-2-3-4-5-6-7-8-9-10-11-12-16-19(23)22-17-14-13-15-18(21)20(24)25;/h2*18H,2-17,21H2,1H3,(H,22,23)(H,24,25);/q;;+2/p-2. The molecule has 10 nitrogen and oxygen atoms in total. The zero-order valence-corrected chi connectivity index (χ0v) is 36.1. The Bertz CT molecular complexity index is 741. The second-order valence-electron chi connectivity index (χ2n) is 14.1. The van der Waals surface area contributed by atoms with Crippen LogP contribution in [0.2, 0.25) is 0 Å². The monoisotopic (exact) mass is 775 g/mol. The van der Waals surface area contributed by atoms with Crippen LogP contribution < -0.4 is 32.3 Å². The number of hydrogen-bond acceptors (Lipinski definition) is 8. The van der Waals surface area contributed by atoms with E-state index < -0.39 is 24.0 Å². The van der Waals surface area contributed by atoms with E-state index in [0.717, 1.165) is 38.5 Å². The molecule has 0 aromatic carbocycles. The number of carbonyl (C=O) groups excluding carboxylic acids is 4. The summed E-state index contributed by atoms with van der Waals surface area (Å²) in [6, 6.07) is -1.79. The van der Waals surface area contributed by atoms with Gasteiger partial charge in [0.2, 0.25) is 11.8 Å². The van der Waals surface area contributed by atoms with Crippen molar-refractivity contribution in [2.24, 2.45) is 11.5 Å². The van der Waals surface area contributed by atoms with Gasteiger partial charge in [0, 0.05) is 38.0 Å². The van der Waals surface area contributed by atoms with Crippen LogP contribution >= 0.6 is 0 Å². The summed E-state index contributed by atoms with van der Waals surface area (Å²) < 4.78 is 0. The van der Waals surface area contributed by atoms with E-state index in [1.54, 1.807) is 0 Å². The van der Waals surface area contributed by atoms with Crippen LogP contribution in [0.15, 0.2) is 0 Å². The fourth-order valence-corrected chi connectivity index (χ4v) is 5.75. The first-order chi connectivity index (χ1) is 24.1. The molecular formula is C40H78N4O6Zn. The molecule has 0 aromatic heterocycles. The van der Waals surface area contributed by atoms with Crippen LogP contribution in [0.4, 0.5) is 0 Å². The number of carboxylic acids is 2. The molecular weight excluding hydrogens is 698 g/mol. The summed E-state index contributed by atoms with van der Waals surface area (Å²) in [4.78, 5) is 44.2. The molecule has 0 bridgehead atoms. The van der Waals surface area contributed by atoms with Crippen LogP contribution in [0, 0.1) is 0 Å². The van der Waals surface area contributed by atoms with Crippen LogP contribution in [0.3, 0.4) is 0 Å². The summed E-state index contributed by atoms with van der Waals surface area (Å²) in [5.74, 6) is -2.22. The quantitative estimate of drug-likeness (QED) is 0.0434. The van der Waals surface area contributed by atoms with Crippen LogP contribution in [0.1, 0.15) is 206 Å². The minimum absolute atomic E-state index is 0. The Balaban J connectivity index is -0.000000886. The number of rotatable bonds is 36. The smallest absolute Gasteiger partial charge is 0.548 e. The third-order valence-electron chi connectivity index (χ3n) is 9.15. The molecule has 2 amide bonds. The maximum Gasteiger partial charge on any atom is 2.00 e. The van der Waals surface area contributed by atoms with Crippen LogP contribution in [0.5, 0.6) is 0 Å². The Kier molecular flexibility index (Phi) is 45.2. The number of carboxylic acid groups (broad SMARTS) is 2. The van der Waals surface area contributed by atoms with E-state index in [1.165, 1.54) is 116 Å². The van der Waals surface area contributed by atoms with E-state index in [9.17, 15) is 29.4 Å². The molecule has 0 spiro atoms. The fourth-order valence-electron chi connectivity index (χ4n) is 5.75. The summed E-state index contributed by atoms with van der Waals surface area (Å²) in [6.07, 6.45) is 33.1. The van der Waals surface area contributed by atoms with Gasteiger partial charge in [0.1, 0.15) is 0 Å². The first kappa shape index (κ1) is 53.8. The summed E-state index contributed by atoms with van der Waals surface area (Å²) in [7, 11) is 0. The largest absolute Gasteiger partial charge is 2.00 e. The molecule has 0 radical (unpaired) electrons. The molecule has 6 N–H and O–H groups in total. The number of aliphatic carboxylic acids is 2. The summed E-state index contributed by atoms with van der Waals surface area (Å²) in [5, 5.41) is 26.7. The number of carbonyl (C=O) groups is 4. The first-order valence-electron chi connectivity index (χ1n) is 20.6. The van der Waals surface area contributed by atoms with Crippen LogP contribution in [0.25, 0.3) is 0 Å². The fraction of sp³-hybridized carbons (Fsp3) is 0.900. The van der Waals surface area contributed by atoms with Crippen molar-refractivity contribution in [1.82, 2.24) is 10.6 Å². The molecule has 51 heavy (non-hydrogen) atoms. The average molecular weight is 776 g/mol. The van der Waals surface area contributed by atoms with Crippen LogP contribution in [-0.4, -0.2) is 48.9 Å². The van der Waals surface area contributed by atoms with Crippen molar-refractivity contribution in [1.29, 1.82) is 0 Å². The summed E-state index contributed by atoms with van der Waals surface area (Å²) in [5.41, 5.74) is 10.7. The minimum Gasteiger partial charge on any atom is -0.548 e. The van der Waals surface area contributed by atoms with Crippen molar-refractivity contribution in [3.05, 3.63) is 0 Å². The van der Waals surface area contributed by atoms with E-state index in [2.05, 4.69) is 24.5 Å². The minimum atomic E-state index is -1.21. The molecule has 0 fully saturated rings. The second kappa shape index (κ2) is 42.8. The molecule has 11 heteroatoms. The van der Waals surface area contributed by atoms with E-state index in [0.29, 0.717) is 51.6 Å². The summed E-state index contributed by atoms with van der Waals surface area (Å²) in [6.45, 7) is 5.68. The molecule has 296 valence electrons. The average Bonchev–Trinajstić information content (AvgIpc) is 3.09. The van der Waals surface area contributed by atoms with Crippen LogP contribution in [-0.2, 0) is 38.7 Å². The van der Waals surface area contributed by atoms with Crippen molar-refractivity contribution in [3.63, 3.8) is 0 Å². The van der Waals surface area contributed by atoms with Gasteiger partial charge in [0.15, 0.2) is 0 Å². The summed E-state index contributed by atoms with van der Waals surface area (Å²) >= 11 is 0. The van der Waals surface area contributed by atoms with E-state index >= 15 is 0 Å². The van der Waals surface area contributed by atoms with Gasteiger partial charge >= 0.3 is 19.5 Å². The molecule has 0 aromatic rings. The predicted octanol–water partition coefficient (Wildman–Crippen LogP) is 6.10. The van der Waals surface area contributed by atoms with Crippen molar-refractivity contribution in [2.45, 2.75) is 219 Å². The zero-order chi connectivity index (χ0) is 37.5. The Morgan fingerprint density at radius 2 is 0.686 bits per heavy atom. The van der Waals surface area contributed by atoms with Gasteiger partial charge in [-0.05, 0) is 51.4 Å². The molecule has 0 saturated carbocycles. The van der Waals surface area contributed by atoms with Crippen molar-refractivity contribution >= 4 is 23.8 Å². The predicted molar refractivity (Wildman–Crippen MR) is 202 cm³/mol. The number of unbranched alkanes of at least 4 members (excludes halogenated alkanes) is 22. The molecule has 0 heterocycles. The first-order valence-corrected chi connectivity index (χ1v) is 20.6. The van der Waals surface area contributed by atoms with Crippen molar-refractivity contribution < 1.29 is 48.9 Å². The number of nitrogens with one attached hydrogen (secondary N) is 2. The SMILES string of the molecule is CCCCCCCCCCCCCC(=O)NCCCCC(N)C(=O)[O-].CCCCCCCCCCCCCC(=O)NCCCCC(N)C(=O)[O-].[Zn+2]. The van der Waals surface area contributed by atoms with Gasteiger partial charge in [-0.1, -0.05) is 142 Å². The van der Waals surface area contributed by atoms with E-state index in [4.69, 9.17) is 11.5 Å². The van der Waals surface area contributed by atoms with E-state index in [1.807, 2.05) is 0 Å². The zero-order valence-electron chi connectivity index (χ0n) is 33.1. The van der Waals surface area contributed by atoms with Crippen molar-refractivity contribution in [3.8, 4) is 0 Å². The van der Waals surface area contributed by atoms with Gasteiger partial charge < -0.3 is 41.9 Å². The van der Waals surface area contributed by atoms with Crippen molar-refractivity contribution in [2.75, 3.05) is 13.1 Å². The topological polar surface area (TPSA) is 190 Å². The molecule has 0 aliphatic carbocycles. The molecule has 2 unspecified atom stereocenters.